The second kappa shape index (κ2) is 9.55. The minimum absolute atomic E-state index is 0.0196. The number of morpholine rings is 1. The number of nitrogens with zero attached hydrogens (tertiary/aromatic N) is 3. The smallest absolute Gasteiger partial charge is 0.475 e. The van der Waals surface area contributed by atoms with E-state index >= 15 is 0 Å². The van der Waals surface area contributed by atoms with Crippen LogP contribution in [0, 0.1) is 5.82 Å². The third-order valence-electron chi connectivity index (χ3n) is 5.18. The van der Waals surface area contributed by atoms with E-state index < -0.39 is 17.7 Å². The van der Waals surface area contributed by atoms with Gasteiger partial charge in [-0.15, -0.1) is 0 Å². The molecule has 2 aromatic heterocycles. The first kappa shape index (κ1) is 23.5. The van der Waals surface area contributed by atoms with Gasteiger partial charge in [0.2, 0.25) is 0 Å². The Morgan fingerprint density at radius 2 is 1.94 bits per heavy atom. The van der Waals surface area contributed by atoms with Crippen LogP contribution in [0.15, 0.2) is 36.7 Å². The van der Waals surface area contributed by atoms with E-state index in [0.717, 1.165) is 19.4 Å². The van der Waals surface area contributed by atoms with Crippen molar-refractivity contribution < 1.29 is 37.0 Å². The van der Waals surface area contributed by atoms with Crippen molar-refractivity contribution in [2.24, 2.45) is 0 Å². The monoisotopic (exact) mass is 458 g/mol. The number of carboxylic acid groups (broad SMARTS) is 1. The zero-order chi connectivity index (χ0) is 23.4. The maximum absolute atomic E-state index is 14.1. The number of alkyl halides is 3. The van der Waals surface area contributed by atoms with E-state index in [2.05, 4.69) is 9.97 Å². The number of halogens is 4. The van der Waals surface area contributed by atoms with Crippen molar-refractivity contribution in [1.82, 2.24) is 14.9 Å². The normalized spacial score (nSPS) is 21.1. The molecule has 32 heavy (non-hydrogen) atoms. The van der Waals surface area contributed by atoms with Gasteiger partial charge in [-0.25, -0.2) is 14.2 Å². The number of anilines is 1. The summed E-state index contributed by atoms with van der Waals surface area (Å²) in [6.45, 7) is 2.84. The van der Waals surface area contributed by atoms with E-state index in [1.54, 1.807) is 24.5 Å². The topological polar surface area (TPSA) is 98.8 Å². The third-order valence-corrected chi connectivity index (χ3v) is 5.18. The fraction of sp³-hybridized carbons (Fsp3) is 0.450. The molecule has 2 saturated heterocycles. The molecule has 2 aromatic rings. The number of rotatable bonds is 2. The van der Waals surface area contributed by atoms with Gasteiger partial charge in [0.1, 0.15) is 11.3 Å². The largest absolute Gasteiger partial charge is 0.490 e. The Kier molecular flexibility index (Phi) is 7.02. The van der Waals surface area contributed by atoms with E-state index in [9.17, 15) is 22.4 Å². The molecule has 2 fully saturated rings. The number of carboxylic acids is 1. The lowest BCUT2D eigenvalue weighted by Crippen LogP contribution is -2.61. The minimum atomic E-state index is -5.08. The molecule has 0 saturated carbocycles. The molecule has 1 amide bonds. The molecule has 4 heterocycles. The van der Waals surface area contributed by atoms with Crippen molar-refractivity contribution in [3.63, 3.8) is 0 Å². The predicted octanol–water partition coefficient (Wildman–Crippen LogP) is 2.69. The Morgan fingerprint density at radius 3 is 2.56 bits per heavy atom. The second-order valence-electron chi connectivity index (χ2n) is 7.48. The maximum atomic E-state index is 14.1. The summed E-state index contributed by atoms with van der Waals surface area (Å²) < 4.78 is 51.9. The number of ether oxygens (including phenoxy) is 1. The summed E-state index contributed by atoms with van der Waals surface area (Å²) in [6, 6.07) is 6.61. The first-order chi connectivity index (χ1) is 15.1. The summed E-state index contributed by atoms with van der Waals surface area (Å²) in [5.74, 6) is -2.74. The van der Waals surface area contributed by atoms with Crippen LogP contribution >= 0.6 is 0 Å². The van der Waals surface area contributed by atoms with Crippen molar-refractivity contribution in [2.45, 2.75) is 24.6 Å². The van der Waals surface area contributed by atoms with Gasteiger partial charge in [-0.05, 0) is 37.1 Å². The van der Waals surface area contributed by atoms with E-state index in [-0.39, 0.29) is 11.7 Å². The molecular weight excluding hydrogens is 436 g/mol. The number of hydrogen-bond donors (Lipinski definition) is 2. The Labute approximate surface area is 180 Å². The van der Waals surface area contributed by atoms with Crippen LogP contribution < -0.4 is 4.90 Å². The number of carbonyl (C=O) groups is 2. The summed E-state index contributed by atoms with van der Waals surface area (Å²) >= 11 is 0. The number of aromatic nitrogens is 2. The maximum Gasteiger partial charge on any atom is 0.490 e. The Balaban J connectivity index is 0.000000360. The molecule has 0 bridgehead atoms. The highest BCUT2D eigenvalue weighted by atomic mass is 19.4. The summed E-state index contributed by atoms with van der Waals surface area (Å²) in [5, 5.41) is 7.12. The van der Waals surface area contributed by atoms with Crippen molar-refractivity contribution in [3.8, 4) is 0 Å². The van der Waals surface area contributed by atoms with Crippen LogP contribution in [0.3, 0.4) is 0 Å². The highest BCUT2D eigenvalue weighted by Gasteiger charge is 2.42. The summed E-state index contributed by atoms with van der Waals surface area (Å²) in [4.78, 5) is 32.5. The highest BCUT2D eigenvalue weighted by molar-refractivity contribution is 5.92. The van der Waals surface area contributed by atoms with Gasteiger partial charge >= 0.3 is 12.1 Å². The number of nitrogens with one attached hydrogen (secondary N) is 1. The van der Waals surface area contributed by atoms with Crippen LogP contribution in [-0.2, 0) is 9.53 Å². The molecule has 1 atom stereocenters. The van der Waals surface area contributed by atoms with Crippen LogP contribution in [0.4, 0.5) is 23.4 Å². The molecule has 0 aromatic carbocycles. The number of piperidine rings is 1. The second-order valence-corrected chi connectivity index (χ2v) is 7.48. The zero-order valence-electron chi connectivity index (χ0n) is 16.9. The number of carbonyl (C=O) groups excluding carboxylic acids is 1. The average molecular weight is 458 g/mol. The Morgan fingerprint density at radius 1 is 1.19 bits per heavy atom. The number of pyridine rings is 1. The van der Waals surface area contributed by atoms with Crippen molar-refractivity contribution in [3.05, 3.63) is 48.2 Å². The molecule has 2 N–H and O–H groups in total. The average Bonchev–Trinajstić information content (AvgIpc) is 3.28. The SMILES string of the molecule is O=C(O)C(F)(F)F.O=C(c1ccc[nH]1)N1CCOC2(CCCN(c3ncccc3F)C2)C1. The van der Waals surface area contributed by atoms with Gasteiger partial charge in [0.05, 0.1) is 19.7 Å². The van der Waals surface area contributed by atoms with Crippen LogP contribution in [0.5, 0.6) is 0 Å². The van der Waals surface area contributed by atoms with E-state index in [1.807, 2.05) is 15.9 Å². The minimum Gasteiger partial charge on any atom is -0.475 e. The van der Waals surface area contributed by atoms with Crippen LogP contribution in [-0.4, -0.2) is 76.4 Å². The van der Waals surface area contributed by atoms with Gasteiger partial charge in [-0.2, -0.15) is 13.2 Å². The lowest BCUT2D eigenvalue weighted by atomic mass is 9.90. The van der Waals surface area contributed by atoms with Crippen LogP contribution in [0.1, 0.15) is 23.3 Å². The quantitative estimate of drug-likeness (QED) is 0.672. The predicted molar refractivity (Wildman–Crippen MR) is 105 cm³/mol. The van der Waals surface area contributed by atoms with Gasteiger partial charge in [-0.1, -0.05) is 0 Å². The molecule has 174 valence electrons. The molecular formula is C20H22F4N4O4. The molecule has 1 unspecified atom stereocenters. The van der Waals surface area contributed by atoms with Gasteiger partial charge < -0.3 is 24.6 Å². The van der Waals surface area contributed by atoms with Crippen molar-refractivity contribution in [1.29, 1.82) is 0 Å². The molecule has 0 radical (unpaired) electrons. The highest BCUT2D eigenvalue weighted by Crippen LogP contribution is 2.32. The van der Waals surface area contributed by atoms with Gasteiger partial charge in [0.15, 0.2) is 11.6 Å². The van der Waals surface area contributed by atoms with E-state index in [1.165, 1.54) is 6.07 Å². The molecule has 8 nitrogen and oxygen atoms in total. The number of amides is 1. The lowest BCUT2D eigenvalue weighted by molar-refractivity contribution is -0.192. The van der Waals surface area contributed by atoms with Gasteiger partial charge in [-0.3, -0.25) is 4.79 Å². The zero-order valence-corrected chi connectivity index (χ0v) is 16.9. The molecule has 2 aliphatic rings. The Hall–Kier alpha value is -3.15. The van der Waals surface area contributed by atoms with Crippen LogP contribution in [0.2, 0.25) is 0 Å². The van der Waals surface area contributed by atoms with Crippen molar-refractivity contribution >= 4 is 17.7 Å². The molecule has 2 aliphatic heterocycles. The number of aromatic amines is 1. The van der Waals surface area contributed by atoms with Crippen LogP contribution in [0.25, 0.3) is 0 Å². The standard InChI is InChI=1S/C18H21FN4O2.C2HF3O2/c19-14-4-1-8-21-16(14)22-9-3-6-18(12-22)13-23(10-11-25-18)17(24)15-5-2-7-20-15;3-2(4,5)1(6)7/h1-2,4-5,7-8,20H,3,6,9-13H2;(H,6,7). The molecule has 4 rings (SSSR count). The number of hydrogen-bond acceptors (Lipinski definition) is 5. The summed E-state index contributed by atoms with van der Waals surface area (Å²) in [6.07, 6.45) is -0.00880. The fourth-order valence-corrected chi connectivity index (χ4v) is 3.79. The first-order valence-corrected chi connectivity index (χ1v) is 9.83. The van der Waals surface area contributed by atoms with Crippen molar-refractivity contribution in [2.75, 3.05) is 37.7 Å². The molecule has 0 aliphatic carbocycles. The lowest BCUT2D eigenvalue weighted by Gasteiger charge is -2.48. The molecule has 1 spiro atoms. The van der Waals surface area contributed by atoms with E-state index in [4.69, 9.17) is 14.6 Å². The van der Waals surface area contributed by atoms with Gasteiger partial charge in [0.25, 0.3) is 5.91 Å². The third kappa shape index (κ3) is 5.55. The number of aliphatic carboxylic acids is 1. The summed E-state index contributed by atoms with van der Waals surface area (Å²) in [7, 11) is 0. The Bertz CT molecular complexity index is 934. The molecule has 12 heteroatoms. The number of H-pyrrole nitrogens is 1. The fourth-order valence-electron chi connectivity index (χ4n) is 3.79. The summed E-state index contributed by atoms with van der Waals surface area (Å²) in [5.41, 5.74) is 0.114. The first-order valence-electron chi connectivity index (χ1n) is 9.83. The van der Waals surface area contributed by atoms with E-state index in [0.29, 0.717) is 37.8 Å². The van der Waals surface area contributed by atoms with Gasteiger partial charge in [0, 0.05) is 25.5 Å².